The molecule has 0 saturated heterocycles. The summed E-state index contributed by atoms with van der Waals surface area (Å²) in [5.74, 6) is -0.229. The summed E-state index contributed by atoms with van der Waals surface area (Å²) < 4.78 is 12.9. The Kier molecular flexibility index (Phi) is 5.27. The van der Waals surface area contributed by atoms with Crippen LogP contribution < -0.4 is 5.32 Å². The second-order valence-corrected chi connectivity index (χ2v) is 4.85. The van der Waals surface area contributed by atoms with E-state index in [9.17, 15) is 9.50 Å². The van der Waals surface area contributed by atoms with Gasteiger partial charge in [-0.3, -0.25) is 0 Å². The van der Waals surface area contributed by atoms with Crippen LogP contribution in [0.5, 0.6) is 0 Å². The number of nitrogens with one attached hydrogen (secondary N) is 1. The van der Waals surface area contributed by atoms with Crippen LogP contribution in [0, 0.1) is 5.82 Å². The number of aliphatic hydroxyl groups is 1. The molecule has 0 heterocycles. The molecule has 0 aliphatic rings. The van der Waals surface area contributed by atoms with Gasteiger partial charge < -0.3 is 10.4 Å². The number of halogens is 1. The predicted octanol–water partition coefficient (Wildman–Crippen LogP) is 3.60. The summed E-state index contributed by atoms with van der Waals surface area (Å²) in [5, 5.41) is 13.5. The molecule has 2 aromatic carbocycles. The molecule has 0 aliphatic heterocycles. The molecule has 2 rings (SSSR count). The maximum absolute atomic E-state index is 12.9. The van der Waals surface area contributed by atoms with Crippen LogP contribution in [-0.2, 0) is 0 Å². The van der Waals surface area contributed by atoms with Gasteiger partial charge in [-0.2, -0.15) is 0 Å². The van der Waals surface area contributed by atoms with Gasteiger partial charge in [0, 0.05) is 12.6 Å². The van der Waals surface area contributed by atoms with E-state index in [1.54, 1.807) is 12.1 Å². The van der Waals surface area contributed by atoms with Gasteiger partial charge in [0.15, 0.2) is 0 Å². The Balaban J connectivity index is 1.95. The van der Waals surface area contributed by atoms with Crippen molar-refractivity contribution in [3.63, 3.8) is 0 Å². The van der Waals surface area contributed by atoms with Crippen molar-refractivity contribution >= 4 is 0 Å². The second-order valence-electron chi connectivity index (χ2n) is 4.85. The van der Waals surface area contributed by atoms with Crippen molar-refractivity contribution in [3.8, 4) is 0 Å². The van der Waals surface area contributed by atoms with Gasteiger partial charge in [0.25, 0.3) is 0 Å². The Bertz CT molecular complexity index is 512. The van der Waals surface area contributed by atoms with Crippen molar-refractivity contribution in [2.24, 2.45) is 0 Å². The molecule has 3 heteroatoms. The third-order valence-corrected chi connectivity index (χ3v) is 3.42. The molecule has 0 amide bonds. The normalized spacial score (nSPS) is 13.9. The van der Waals surface area contributed by atoms with Crippen LogP contribution in [0.3, 0.4) is 0 Å². The van der Waals surface area contributed by atoms with E-state index < -0.39 is 6.10 Å². The lowest BCUT2D eigenvalue weighted by Gasteiger charge is -2.20. The molecule has 2 N–H and O–H groups in total. The molecule has 0 saturated carbocycles. The standard InChI is InChI=1S/C17H20FNO/c1-2-16(13-8-10-15(18)11-9-13)19-12-17(20)14-6-4-3-5-7-14/h3-11,16-17,19-20H,2,12H2,1H3. The van der Waals surface area contributed by atoms with Crippen molar-refractivity contribution in [1.82, 2.24) is 5.32 Å². The molecule has 106 valence electrons. The lowest BCUT2D eigenvalue weighted by Crippen LogP contribution is -2.26. The molecule has 20 heavy (non-hydrogen) atoms. The number of hydrogen-bond acceptors (Lipinski definition) is 2. The fraction of sp³-hybridized carbons (Fsp3) is 0.294. The van der Waals surface area contributed by atoms with E-state index in [4.69, 9.17) is 0 Å². The van der Waals surface area contributed by atoms with Crippen LogP contribution in [0.2, 0.25) is 0 Å². The molecule has 2 nitrogen and oxygen atoms in total. The lowest BCUT2D eigenvalue weighted by atomic mass is 10.0. The van der Waals surface area contributed by atoms with E-state index in [1.165, 1.54) is 12.1 Å². The van der Waals surface area contributed by atoms with E-state index >= 15 is 0 Å². The number of benzene rings is 2. The van der Waals surface area contributed by atoms with Crippen LogP contribution in [0.25, 0.3) is 0 Å². The zero-order valence-electron chi connectivity index (χ0n) is 11.6. The Morgan fingerprint density at radius 2 is 1.65 bits per heavy atom. The highest BCUT2D eigenvalue weighted by Gasteiger charge is 2.12. The van der Waals surface area contributed by atoms with Crippen molar-refractivity contribution in [2.75, 3.05) is 6.54 Å². The summed E-state index contributed by atoms with van der Waals surface area (Å²) in [4.78, 5) is 0. The zero-order valence-corrected chi connectivity index (χ0v) is 11.6. The highest BCUT2D eigenvalue weighted by molar-refractivity contribution is 5.21. The number of rotatable bonds is 6. The summed E-state index contributed by atoms with van der Waals surface area (Å²) in [7, 11) is 0. The van der Waals surface area contributed by atoms with Crippen molar-refractivity contribution in [2.45, 2.75) is 25.5 Å². The van der Waals surface area contributed by atoms with Crippen molar-refractivity contribution < 1.29 is 9.50 Å². The Hall–Kier alpha value is -1.71. The van der Waals surface area contributed by atoms with Crippen LogP contribution in [0.1, 0.15) is 36.6 Å². The maximum atomic E-state index is 12.9. The van der Waals surface area contributed by atoms with Crippen LogP contribution in [0.4, 0.5) is 4.39 Å². The van der Waals surface area contributed by atoms with Crippen molar-refractivity contribution in [1.29, 1.82) is 0 Å². The monoisotopic (exact) mass is 273 g/mol. The van der Waals surface area contributed by atoms with Crippen LogP contribution in [0.15, 0.2) is 54.6 Å². The molecule has 0 fully saturated rings. The first-order valence-corrected chi connectivity index (χ1v) is 6.92. The van der Waals surface area contributed by atoms with Gasteiger partial charge in [0.05, 0.1) is 6.10 Å². The molecule has 0 bridgehead atoms. The fourth-order valence-corrected chi connectivity index (χ4v) is 2.24. The minimum Gasteiger partial charge on any atom is -0.387 e. The first kappa shape index (κ1) is 14.7. The maximum Gasteiger partial charge on any atom is 0.123 e. The van der Waals surface area contributed by atoms with E-state index in [0.29, 0.717) is 6.54 Å². The van der Waals surface area contributed by atoms with E-state index in [-0.39, 0.29) is 11.9 Å². The zero-order chi connectivity index (χ0) is 14.4. The Labute approximate surface area is 119 Å². The molecule has 0 aliphatic carbocycles. The largest absolute Gasteiger partial charge is 0.387 e. The first-order valence-electron chi connectivity index (χ1n) is 6.92. The third-order valence-electron chi connectivity index (χ3n) is 3.42. The minimum absolute atomic E-state index is 0.119. The SMILES string of the molecule is CCC(NCC(O)c1ccccc1)c1ccc(F)cc1. The summed E-state index contributed by atoms with van der Waals surface area (Å²) in [6.07, 6.45) is 0.346. The van der Waals surface area contributed by atoms with Gasteiger partial charge in [0.2, 0.25) is 0 Å². The predicted molar refractivity (Wildman–Crippen MR) is 78.8 cm³/mol. The quantitative estimate of drug-likeness (QED) is 0.843. The third kappa shape index (κ3) is 3.89. The molecule has 0 aromatic heterocycles. The second kappa shape index (κ2) is 7.17. The summed E-state index contributed by atoms with van der Waals surface area (Å²) in [6.45, 7) is 2.54. The highest BCUT2D eigenvalue weighted by Crippen LogP contribution is 2.18. The van der Waals surface area contributed by atoms with Crippen LogP contribution in [-0.4, -0.2) is 11.7 Å². The molecule has 0 radical (unpaired) electrons. The molecule has 2 aromatic rings. The van der Waals surface area contributed by atoms with Gasteiger partial charge in [-0.25, -0.2) is 4.39 Å². The number of hydrogen-bond donors (Lipinski definition) is 2. The average Bonchev–Trinajstić information content (AvgIpc) is 2.50. The van der Waals surface area contributed by atoms with Gasteiger partial charge in [-0.1, -0.05) is 49.4 Å². The first-order chi connectivity index (χ1) is 9.70. The van der Waals surface area contributed by atoms with E-state index in [0.717, 1.165) is 17.5 Å². The summed E-state index contributed by atoms with van der Waals surface area (Å²) >= 11 is 0. The summed E-state index contributed by atoms with van der Waals surface area (Å²) in [5.41, 5.74) is 1.93. The molecular weight excluding hydrogens is 253 g/mol. The van der Waals surface area contributed by atoms with Crippen molar-refractivity contribution in [3.05, 3.63) is 71.5 Å². The van der Waals surface area contributed by atoms with Gasteiger partial charge in [-0.15, -0.1) is 0 Å². The molecule has 2 unspecified atom stereocenters. The van der Waals surface area contributed by atoms with Crippen LogP contribution >= 0.6 is 0 Å². The minimum atomic E-state index is -0.536. The van der Waals surface area contributed by atoms with E-state index in [2.05, 4.69) is 12.2 Å². The molecule has 2 atom stereocenters. The average molecular weight is 273 g/mol. The van der Waals surface area contributed by atoms with Gasteiger partial charge >= 0.3 is 0 Å². The Morgan fingerprint density at radius 1 is 1.00 bits per heavy atom. The lowest BCUT2D eigenvalue weighted by molar-refractivity contribution is 0.169. The van der Waals surface area contributed by atoms with E-state index in [1.807, 2.05) is 30.3 Å². The smallest absolute Gasteiger partial charge is 0.123 e. The summed E-state index contributed by atoms with van der Waals surface area (Å²) in [6, 6.07) is 16.2. The van der Waals surface area contributed by atoms with Gasteiger partial charge in [0.1, 0.15) is 5.82 Å². The topological polar surface area (TPSA) is 32.3 Å². The van der Waals surface area contributed by atoms with Gasteiger partial charge in [-0.05, 0) is 29.7 Å². The Morgan fingerprint density at radius 3 is 2.25 bits per heavy atom. The fourth-order valence-electron chi connectivity index (χ4n) is 2.24. The highest BCUT2D eigenvalue weighted by atomic mass is 19.1. The molecule has 0 spiro atoms. The molecular formula is C17H20FNO. The number of aliphatic hydroxyl groups excluding tert-OH is 1.